The topological polar surface area (TPSA) is 40.6 Å². The molecule has 0 aliphatic rings. The molecule has 0 saturated carbocycles. The molecular formula is C50H31N5. The largest absolute Gasteiger partial charge is 0.309 e. The molecule has 0 N–H and O–H groups in total. The summed E-state index contributed by atoms with van der Waals surface area (Å²) in [5.41, 5.74) is 11.6. The highest BCUT2D eigenvalue weighted by Gasteiger charge is 2.25. The molecule has 5 heteroatoms. The predicted octanol–water partition coefficient (Wildman–Crippen LogP) is 12.6. The fourth-order valence-corrected chi connectivity index (χ4v) is 8.89. The highest BCUT2D eigenvalue weighted by molar-refractivity contribution is 6.22. The van der Waals surface area contributed by atoms with Gasteiger partial charge in [-0.15, -0.1) is 0 Å². The van der Waals surface area contributed by atoms with Gasteiger partial charge in [0.15, 0.2) is 0 Å². The average molecular weight is 702 g/mol. The van der Waals surface area contributed by atoms with E-state index in [0.717, 1.165) is 66.4 Å². The van der Waals surface area contributed by atoms with Gasteiger partial charge in [-0.2, -0.15) is 0 Å². The summed E-state index contributed by atoms with van der Waals surface area (Å²) in [6.07, 6.45) is 0. The molecule has 12 aromatic rings. The third-order valence-electron chi connectivity index (χ3n) is 11.2. The first kappa shape index (κ1) is 30.0. The number of fused-ring (bicyclic) bond motifs is 11. The van der Waals surface area contributed by atoms with Gasteiger partial charge in [-0.25, -0.2) is 9.97 Å². The number of para-hydroxylation sites is 4. The van der Waals surface area contributed by atoms with Crippen LogP contribution in [0.15, 0.2) is 188 Å². The van der Waals surface area contributed by atoms with Crippen LogP contribution in [0.1, 0.15) is 0 Å². The van der Waals surface area contributed by atoms with Crippen molar-refractivity contribution in [1.29, 1.82) is 0 Å². The number of hydrogen-bond acceptors (Lipinski definition) is 2. The molecule has 0 aliphatic carbocycles. The van der Waals surface area contributed by atoms with E-state index in [4.69, 9.17) is 9.97 Å². The molecule has 0 radical (unpaired) electrons. The van der Waals surface area contributed by atoms with Crippen LogP contribution in [0.5, 0.6) is 0 Å². The molecule has 0 aliphatic heterocycles. The van der Waals surface area contributed by atoms with Gasteiger partial charge < -0.3 is 9.13 Å². The molecule has 4 aromatic heterocycles. The van der Waals surface area contributed by atoms with Gasteiger partial charge in [-0.05, 0) is 65.4 Å². The van der Waals surface area contributed by atoms with E-state index >= 15 is 0 Å². The van der Waals surface area contributed by atoms with Crippen molar-refractivity contribution in [3.63, 3.8) is 0 Å². The van der Waals surface area contributed by atoms with Crippen molar-refractivity contribution in [1.82, 2.24) is 23.7 Å². The van der Waals surface area contributed by atoms with E-state index in [1.54, 1.807) is 0 Å². The fourth-order valence-electron chi connectivity index (χ4n) is 8.89. The van der Waals surface area contributed by atoms with Crippen LogP contribution >= 0.6 is 0 Å². The van der Waals surface area contributed by atoms with Crippen molar-refractivity contribution < 1.29 is 0 Å². The van der Waals surface area contributed by atoms with Gasteiger partial charge in [-0.3, -0.25) is 4.57 Å². The minimum atomic E-state index is 0.642. The Hall–Kier alpha value is -7.50. The lowest BCUT2D eigenvalue weighted by Gasteiger charge is -2.13. The van der Waals surface area contributed by atoms with E-state index in [1.165, 1.54) is 32.6 Å². The smallest absolute Gasteiger partial charge is 0.235 e. The summed E-state index contributed by atoms with van der Waals surface area (Å²) in [7, 11) is 0. The lowest BCUT2D eigenvalue weighted by atomic mass is 10.1. The zero-order valence-corrected chi connectivity index (χ0v) is 29.6. The van der Waals surface area contributed by atoms with Crippen molar-refractivity contribution in [2.75, 3.05) is 0 Å². The molecule has 0 unspecified atom stereocenters. The molecule has 12 rings (SSSR count). The van der Waals surface area contributed by atoms with Gasteiger partial charge >= 0.3 is 0 Å². The first-order valence-electron chi connectivity index (χ1n) is 18.7. The van der Waals surface area contributed by atoms with E-state index in [-0.39, 0.29) is 0 Å². The van der Waals surface area contributed by atoms with Crippen molar-refractivity contribution in [2.45, 2.75) is 0 Å². The average Bonchev–Trinajstić information content (AvgIpc) is 3.89. The third-order valence-corrected chi connectivity index (χ3v) is 11.2. The molecule has 0 fully saturated rings. The van der Waals surface area contributed by atoms with Crippen molar-refractivity contribution >= 4 is 76.3 Å². The minimum absolute atomic E-state index is 0.642. The van der Waals surface area contributed by atoms with Crippen molar-refractivity contribution in [2.24, 2.45) is 0 Å². The first-order valence-corrected chi connectivity index (χ1v) is 18.7. The Kier molecular flexibility index (Phi) is 6.27. The number of benzene rings is 8. The first-order chi connectivity index (χ1) is 27.3. The Morgan fingerprint density at radius 2 is 0.873 bits per heavy atom. The van der Waals surface area contributed by atoms with Crippen LogP contribution in [0.25, 0.3) is 105 Å². The van der Waals surface area contributed by atoms with Crippen LogP contribution in [-0.2, 0) is 0 Å². The maximum Gasteiger partial charge on any atom is 0.235 e. The summed E-state index contributed by atoms with van der Waals surface area (Å²) in [6.45, 7) is 0. The van der Waals surface area contributed by atoms with Gasteiger partial charge in [0.25, 0.3) is 0 Å². The lowest BCUT2D eigenvalue weighted by molar-refractivity contribution is 1.01. The fraction of sp³-hybridized carbons (Fsp3) is 0. The van der Waals surface area contributed by atoms with Crippen LogP contribution in [-0.4, -0.2) is 23.7 Å². The van der Waals surface area contributed by atoms with Crippen LogP contribution < -0.4 is 0 Å². The van der Waals surface area contributed by atoms with E-state index in [1.807, 2.05) is 0 Å². The normalized spacial score (nSPS) is 12.0. The number of rotatable bonds is 4. The molecule has 0 atom stereocenters. The maximum atomic E-state index is 5.65. The standard InChI is InChI=1S/C50H31N5/c1-4-17-33(18-5-1)47-49-48(46-36-23-11-10-16-32(36)28-29-43(46)54(49)35-21-8-3-9-22-35)52-50(51-47)55-42-27-15-13-25-38(42)40-30-44-39(31-45(40)55)37-24-12-14-26-41(37)53(44)34-19-6-2-7-20-34/h1-31H. The Balaban J connectivity index is 1.26. The Bertz CT molecular complexity index is 3470. The van der Waals surface area contributed by atoms with E-state index < -0.39 is 0 Å². The lowest BCUT2D eigenvalue weighted by Crippen LogP contribution is -2.05. The molecule has 0 spiro atoms. The Morgan fingerprint density at radius 1 is 0.345 bits per heavy atom. The SMILES string of the molecule is c1ccc(-c2nc(-n3c4ccccc4c4cc5c(cc43)c3ccccc3n5-c3ccccc3)nc3c4c5ccccc5ccc4n(-c4ccccc4)c23)cc1. The van der Waals surface area contributed by atoms with E-state index in [9.17, 15) is 0 Å². The second kappa shape index (κ2) is 11.5. The number of nitrogens with zero attached hydrogens (tertiary/aromatic N) is 5. The quantitative estimate of drug-likeness (QED) is 0.183. The zero-order chi connectivity index (χ0) is 36.0. The third kappa shape index (κ3) is 4.29. The van der Waals surface area contributed by atoms with Crippen molar-refractivity contribution in [3.8, 4) is 28.6 Å². The van der Waals surface area contributed by atoms with Gasteiger partial charge in [0.1, 0.15) is 11.2 Å². The number of hydrogen-bond donors (Lipinski definition) is 0. The summed E-state index contributed by atoms with van der Waals surface area (Å²) < 4.78 is 7.01. The number of aromatic nitrogens is 5. The molecule has 0 saturated heterocycles. The van der Waals surface area contributed by atoms with Crippen LogP contribution in [0.3, 0.4) is 0 Å². The summed E-state index contributed by atoms with van der Waals surface area (Å²) in [5.74, 6) is 0.642. The van der Waals surface area contributed by atoms with Crippen LogP contribution in [0.4, 0.5) is 0 Å². The summed E-state index contributed by atoms with van der Waals surface area (Å²) >= 11 is 0. The molecule has 0 bridgehead atoms. The summed E-state index contributed by atoms with van der Waals surface area (Å²) in [5, 5.41) is 8.17. The highest BCUT2D eigenvalue weighted by atomic mass is 15.2. The molecule has 256 valence electrons. The second-order valence-electron chi connectivity index (χ2n) is 14.2. The molecule has 0 amide bonds. The predicted molar refractivity (Wildman–Crippen MR) is 228 cm³/mol. The maximum absolute atomic E-state index is 5.65. The van der Waals surface area contributed by atoms with E-state index in [2.05, 4.69) is 202 Å². The van der Waals surface area contributed by atoms with Crippen LogP contribution in [0.2, 0.25) is 0 Å². The van der Waals surface area contributed by atoms with Gasteiger partial charge in [0, 0.05) is 43.9 Å². The molecule has 5 nitrogen and oxygen atoms in total. The van der Waals surface area contributed by atoms with Crippen molar-refractivity contribution in [3.05, 3.63) is 188 Å². The molecule has 8 aromatic carbocycles. The minimum Gasteiger partial charge on any atom is -0.309 e. The second-order valence-corrected chi connectivity index (χ2v) is 14.2. The summed E-state index contributed by atoms with van der Waals surface area (Å²) in [6, 6.07) is 67.0. The van der Waals surface area contributed by atoms with Crippen LogP contribution in [0, 0.1) is 0 Å². The van der Waals surface area contributed by atoms with Gasteiger partial charge in [0.05, 0.1) is 33.1 Å². The Morgan fingerprint density at radius 3 is 1.55 bits per heavy atom. The Labute approximate surface area is 315 Å². The summed E-state index contributed by atoms with van der Waals surface area (Å²) in [4.78, 5) is 11.2. The van der Waals surface area contributed by atoms with Gasteiger partial charge in [0.2, 0.25) is 5.95 Å². The highest BCUT2D eigenvalue weighted by Crippen LogP contribution is 2.43. The van der Waals surface area contributed by atoms with E-state index in [0.29, 0.717) is 5.95 Å². The monoisotopic (exact) mass is 701 g/mol. The molecule has 4 heterocycles. The van der Waals surface area contributed by atoms with Gasteiger partial charge in [-0.1, -0.05) is 133 Å². The molecular weight excluding hydrogens is 671 g/mol. The zero-order valence-electron chi connectivity index (χ0n) is 29.6. The molecule has 55 heavy (non-hydrogen) atoms.